The Hall–Kier alpha value is -2.09. The minimum absolute atomic E-state index is 0.128. The van der Waals surface area contributed by atoms with Crippen LogP contribution in [0.15, 0.2) is 28.7 Å². The van der Waals surface area contributed by atoms with Crippen LogP contribution < -0.4 is 15.4 Å². The number of halogens is 1. The highest BCUT2D eigenvalue weighted by molar-refractivity contribution is 9.10. The van der Waals surface area contributed by atoms with E-state index in [1.165, 1.54) is 0 Å². The van der Waals surface area contributed by atoms with Crippen molar-refractivity contribution >= 4 is 33.8 Å². The minimum atomic E-state index is -0.665. The van der Waals surface area contributed by atoms with Gasteiger partial charge < -0.3 is 14.8 Å². The molecule has 0 unspecified atom stereocenters. The molecule has 132 valence electrons. The van der Waals surface area contributed by atoms with Crippen LogP contribution in [0.3, 0.4) is 0 Å². The van der Waals surface area contributed by atoms with Gasteiger partial charge >= 0.3 is 12.0 Å². The summed E-state index contributed by atoms with van der Waals surface area (Å²) in [6.45, 7) is 2.24. The Morgan fingerprint density at radius 2 is 2.04 bits per heavy atom. The first-order valence-corrected chi connectivity index (χ1v) is 8.42. The van der Waals surface area contributed by atoms with E-state index < -0.39 is 24.5 Å². The van der Waals surface area contributed by atoms with Crippen molar-refractivity contribution in [3.63, 3.8) is 0 Å². The normalized spacial score (nSPS) is 9.92. The molecule has 0 radical (unpaired) electrons. The van der Waals surface area contributed by atoms with Gasteiger partial charge in [0.05, 0.1) is 6.61 Å². The van der Waals surface area contributed by atoms with Crippen LogP contribution in [0.2, 0.25) is 0 Å². The highest BCUT2D eigenvalue weighted by Crippen LogP contribution is 2.17. The predicted molar refractivity (Wildman–Crippen MR) is 91.7 cm³/mol. The molecular formula is C16H21BrN2O5. The lowest BCUT2D eigenvalue weighted by Gasteiger charge is -2.08. The van der Waals surface area contributed by atoms with Crippen molar-refractivity contribution in [1.82, 2.24) is 10.6 Å². The lowest BCUT2D eigenvalue weighted by Crippen LogP contribution is -2.41. The van der Waals surface area contributed by atoms with E-state index in [9.17, 15) is 14.4 Å². The zero-order chi connectivity index (χ0) is 17.8. The highest BCUT2D eigenvalue weighted by Gasteiger charge is 2.10. The maximum atomic E-state index is 11.5. The molecule has 1 rings (SSSR count). The van der Waals surface area contributed by atoms with Gasteiger partial charge in [-0.3, -0.25) is 14.9 Å². The molecule has 1 aromatic rings. The Kier molecular flexibility index (Phi) is 9.52. The van der Waals surface area contributed by atoms with Crippen LogP contribution in [0, 0.1) is 0 Å². The van der Waals surface area contributed by atoms with Crippen molar-refractivity contribution in [2.45, 2.75) is 26.2 Å². The second-order valence-electron chi connectivity index (χ2n) is 4.87. The molecule has 0 fully saturated rings. The average molecular weight is 401 g/mol. The predicted octanol–water partition coefficient (Wildman–Crippen LogP) is 2.39. The molecule has 24 heavy (non-hydrogen) atoms. The summed E-state index contributed by atoms with van der Waals surface area (Å²) >= 11 is 3.34. The number of imide groups is 1. The quantitative estimate of drug-likeness (QED) is 0.490. The van der Waals surface area contributed by atoms with Crippen molar-refractivity contribution in [2.75, 3.05) is 19.8 Å². The van der Waals surface area contributed by atoms with Crippen molar-refractivity contribution in [3.8, 4) is 5.75 Å². The lowest BCUT2D eigenvalue weighted by atomic mass is 10.3. The summed E-state index contributed by atoms with van der Waals surface area (Å²) in [6, 6.07) is 6.78. The van der Waals surface area contributed by atoms with E-state index in [4.69, 9.17) is 9.47 Å². The second kappa shape index (κ2) is 11.4. The Balaban J connectivity index is 2.11. The van der Waals surface area contributed by atoms with Gasteiger partial charge in [-0.25, -0.2) is 4.79 Å². The first kappa shape index (κ1) is 20.0. The molecule has 0 aromatic heterocycles. The SMILES string of the molecule is CCCNC(=O)NC(=O)COC(=O)CCCOc1cccc(Br)c1. The molecule has 7 nitrogen and oxygen atoms in total. The van der Waals surface area contributed by atoms with Crippen molar-refractivity contribution in [1.29, 1.82) is 0 Å². The Labute approximate surface area is 149 Å². The number of urea groups is 1. The van der Waals surface area contributed by atoms with Gasteiger partial charge in [0, 0.05) is 17.4 Å². The molecule has 1 aromatic carbocycles. The minimum Gasteiger partial charge on any atom is -0.494 e. The number of hydrogen-bond donors (Lipinski definition) is 2. The monoisotopic (exact) mass is 400 g/mol. The topological polar surface area (TPSA) is 93.7 Å². The van der Waals surface area contributed by atoms with E-state index in [2.05, 4.69) is 26.6 Å². The standard InChI is InChI=1S/C16H21BrN2O5/c1-2-8-18-16(22)19-14(20)11-24-15(21)7-4-9-23-13-6-3-5-12(17)10-13/h3,5-6,10H,2,4,7-9,11H2,1H3,(H2,18,19,20,22). The number of benzene rings is 1. The number of hydrogen-bond acceptors (Lipinski definition) is 5. The van der Waals surface area contributed by atoms with Gasteiger partial charge in [-0.05, 0) is 31.0 Å². The summed E-state index contributed by atoms with van der Waals surface area (Å²) in [5.41, 5.74) is 0. The molecule has 0 heterocycles. The Morgan fingerprint density at radius 3 is 2.75 bits per heavy atom. The van der Waals surface area contributed by atoms with Crippen molar-refractivity contribution in [3.05, 3.63) is 28.7 Å². The van der Waals surface area contributed by atoms with E-state index in [0.717, 1.165) is 10.9 Å². The molecular weight excluding hydrogens is 380 g/mol. The smallest absolute Gasteiger partial charge is 0.321 e. The zero-order valence-corrected chi connectivity index (χ0v) is 15.1. The number of rotatable bonds is 9. The van der Waals surface area contributed by atoms with Crippen LogP contribution in [0.1, 0.15) is 26.2 Å². The summed E-state index contributed by atoms with van der Waals surface area (Å²) in [5, 5.41) is 4.55. The summed E-state index contributed by atoms with van der Waals surface area (Å²) in [5.74, 6) is -0.477. The van der Waals surface area contributed by atoms with Crippen LogP contribution >= 0.6 is 15.9 Å². The third-order valence-corrected chi connectivity index (χ3v) is 3.24. The van der Waals surface area contributed by atoms with Gasteiger partial charge in [0.1, 0.15) is 5.75 Å². The van der Waals surface area contributed by atoms with Gasteiger partial charge in [-0.2, -0.15) is 0 Å². The van der Waals surface area contributed by atoms with E-state index in [0.29, 0.717) is 25.3 Å². The molecule has 0 atom stereocenters. The van der Waals surface area contributed by atoms with Crippen LogP contribution in [-0.2, 0) is 14.3 Å². The maximum Gasteiger partial charge on any atom is 0.321 e. The summed E-state index contributed by atoms with van der Waals surface area (Å²) < 4.78 is 11.2. The van der Waals surface area contributed by atoms with Crippen LogP contribution in [-0.4, -0.2) is 37.7 Å². The molecule has 0 saturated heterocycles. The van der Waals surface area contributed by atoms with Gasteiger partial charge in [-0.15, -0.1) is 0 Å². The number of ether oxygens (including phenoxy) is 2. The fourth-order valence-electron chi connectivity index (χ4n) is 1.63. The van der Waals surface area contributed by atoms with Gasteiger partial charge in [0.15, 0.2) is 6.61 Å². The number of esters is 1. The highest BCUT2D eigenvalue weighted by atomic mass is 79.9. The maximum absolute atomic E-state index is 11.5. The molecule has 0 saturated carbocycles. The van der Waals surface area contributed by atoms with Gasteiger partial charge in [0.2, 0.25) is 0 Å². The molecule has 3 amide bonds. The van der Waals surface area contributed by atoms with Crippen LogP contribution in [0.4, 0.5) is 4.79 Å². The van der Waals surface area contributed by atoms with E-state index >= 15 is 0 Å². The summed E-state index contributed by atoms with van der Waals surface area (Å²) in [6.07, 6.45) is 1.35. The first-order valence-electron chi connectivity index (χ1n) is 7.63. The molecule has 2 N–H and O–H groups in total. The third-order valence-electron chi connectivity index (χ3n) is 2.74. The van der Waals surface area contributed by atoms with E-state index in [1.54, 1.807) is 0 Å². The number of carbonyl (C=O) groups excluding carboxylic acids is 3. The molecule has 0 spiro atoms. The van der Waals surface area contributed by atoms with Gasteiger partial charge in [-0.1, -0.05) is 28.9 Å². The van der Waals surface area contributed by atoms with Crippen molar-refractivity contribution < 1.29 is 23.9 Å². The number of carbonyl (C=O) groups is 3. The van der Waals surface area contributed by atoms with Crippen LogP contribution in [0.25, 0.3) is 0 Å². The van der Waals surface area contributed by atoms with Crippen molar-refractivity contribution in [2.24, 2.45) is 0 Å². The molecule has 8 heteroatoms. The zero-order valence-electron chi connectivity index (χ0n) is 13.5. The Morgan fingerprint density at radius 1 is 1.25 bits per heavy atom. The second-order valence-corrected chi connectivity index (χ2v) is 5.79. The van der Waals surface area contributed by atoms with E-state index in [1.807, 2.05) is 31.2 Å². The molecule has 0 aliphatic heterocycles. The first-order chi connectivity index (χ1) is 11.5. The summed E-state index contributed by atoms with van der Waals surface area (Å²) in [4.78, 5) is 34.1. The number of amides is 3. The fourth-order valence-corrected chi connectivity index (χ4v) is 2.01. The van der Waals surface area contributed by atoms with Gasteiger partial charge in [0.25, 0.3) is 5.91 Å². The Bertz CT molecular complexity index is 565. The molecule has 0 bridgehead atoms. The van der Waals surface area contributed by atoms with E-state index in [-0.39, 0.29) is 6.42 Å². The third kappa shape index (κ3) is 9.14. The van der Waals surface area contributed by atoms with Crippen LogP contribution in [0.5, 0.6) is 5.75 Å². The lowest BCUT2D eigenvalue weighted by molar-refractivity contribution is -0.148. The molecule has 0 aliphatic rings. The fraction of sp³-hybridized carbons (Fsp3) is 0.438. The average Bonchev–Trinajstić information content (AvgIpc) is 2.55. The molecule has 0 aliphatic carbocycles. The number of nitrogens with one attached hydrogen (secondary N) is 2. The largest absolute Gasteiger partial charge is 0.494 e. The summed E-state index contributed by atoms with van der Waals surface area (Å²) in [7, 11) is 0.